The molecule has 126 valence electrons. The number of benzene rings is 2. The van der Waals surface area contributed by atoms with Crippen LogP contribution in [0.1, 0.15) is 28.5 Å². The summed E-state index contributed by atoms with van der Waals surface area (Å²) >= 11 is 1.36. The van der Waals surface area contributed by atoms with Gasteiger partial charge in [-0.1, -0.05) is 53.7 Å². The van der Waals surface area contributed by atoms with Gasteiger partial charge in [-0.15, -0.1) is 11.3 Å². The highest BCUT2D eigenvalue weighted by atomic mass is 32.1. The Morgan fingerprint density at radius 1 is 1.08 bits per heavy atom. The van der Waals surface area contributed by atoms with E-state index in [2.05, 4.69) is 15.5 Å². The van der Waals surface area contributed by atoms with Crippen LogP contribution in [-0.4, -0.2) is 16.6 Å². The van der Waals surface area contributed by atoms with E-state index in [1.54, 1.807) is 12.1 Å². The molecule has 1 aromatic heterocycles. The standard InChI is InChI=1S/C19H17N3O2S/c1-14(15-8-4-2-5-9-15)22-24-12-17-13-25-19(20-17)21-18(23)16-10-6-3-7-11-16/h2-11,13H,12H2,1H3,(H,20,21,23)/b22-14+. The van der Waals surface area contributed by atoms with Gasteiger partial charge in [0.1, 0.15) is 0 Å². The SMILES string of the molecule is C/C(=N\OCc1csc(NC(=O)c2ccccc2)n1)c1ccccc1. The van der Waals surface area contributed by atoms with Gasteiger partial charge >= 0.3 is 0 Å². The molecule has 3 rings (SSSR count). The van der Waals surface area contributed by atoms with Crippen molar-refractivity contribution in [2.45, 2.75) is 13.5 Å². The topological polar surface area (TPSA) is 63.6 Å². The maximum Gasteiger partial charge on any atom is 0.257 e. The molecule has 5 nitrogen and oxygen atoms in total. The van der Waals surface area contributed by atoms with Crippen molar-refractivity contribution in [3.05, 3.63) is 82.9 Å². The van der Waals surface area contributed by atoms with Gasteiger partial charge in [0.25, 0.3) is 5.91 Å². The predicted octanol–water partition coefficient (Wildman–Crippen LogP) is 4.34. The van der Waals surface area contributed by atoms with E-state index < -0.39 is 0 Å². The summed E-state index contributed by atoms with van der Waals surface area (Å²) in [5.41, 5.74) is 3.13. The summed E-state index contributed by atoms with van der Waals surface area (Å²) in [5, 5.41) is 9.26. The number of hydrogen-bond donors (Lipinski definition) is 1. The number of nitrogens with zero attached hydrogens (tertiary/aromatic N) is 2. The third-order valence-corrected chi connectivity index (χ3v) is 4.22. The van der Waals surface area contributed by atoms with Gasteiger partial charge in [-0.05, 0) is 24.6 Å². The molecule has 1 N–H and O–H groups in total. The van der Waals surface area contributed by atoms with E-state index in [0.717, 1.165) is 17.0 Å². The van der Waals surface area contributed by atoms with E-state index in [9.17, 15) is 4.79 Å². The molecule has 3 aromatic rings. The molecular formula is C19H17N3O2S. The highest BCUT2D eigenvalue weighted by Gasteiger charge is 2.08. The molecule has 0 saturated heterocycles. The number of oxime groups is 1. The monoisotopic (exact) mass is 351 g/mol. The van der Waals surface area contributed by atoms with Crippen LogP contribution in [0.25, 0.3) is 0 Å². The minimum atomic E-state index is -0.180. The van der Waals surface area contributed by atoms with Gasteiger partial charge in [-0.25, -0.2) is 4.98 Å². The molecule has 0 bridgehead atoms. The first-order chi connectivity index (χ1) is 12.2. The van der Waals surface area contributed by atoms with Crippen molar-refractivity contribution in [1.82, 2.24) is 4.98 Å². The third kappa shape index (κ3) is 4.74. The van der Waals surface area contributed by atoms with Crippen LogP contribution in [0.5, 0.6) is 0 Å². The molecule has 0 saturated carbocycles. The molecule has 0 spiro atoms. The molecule has 0 aliphatic heterocycles. The second-order valence-corrected chi connectivity index (χ2v) is 6.14. The number of carbonyl (C=O) groups is 1. The number of aromatic nitrogens is 1. The average Bonchev–Trinajstić information content (AvgIpc) is 3.10. The van der Waals surface area contributed by atoms with Crippen LogP contribution in [0.4, 0.5) is 5.13 Å². The van der Waals surface area contributed by atoms with Crippen LogP contribution in [-0.2, 0) is 11.4 Å². The highest BCUT2D eigenvalue weighted by molar-refractivity contribution is 7.13. The van der Waals surface area contributed by atoms with E-state index >= 15 is 0 Å². The summed E-state index contributed by atoms with van der Waals surface area (Å²) in [6, 6.07) is 18.8. The Balaban J connectivity index is 1.54. The van der Waals surface area contributed by atoms with Gasteiger partial charge in [-0.3, -0.25) is 10.1 Å². The van der Waals surface area contributed by atoms with Crippen molar-refractivity contribution in [3.63, 3.8) is 0 Å². The molecule has 0 unspecified atom stereocenters. The van der Waals surface area contributed by atoms with Crippen LogP contribution in [0, 0.1) is 0 Å². The van der Waals surface area contributed by atoms with E-state index in [1.165, 1.54) is 11.3 Å². The molecule has 0 aliphatic rings. The largest absolute Gasteiger partial charge is 0.389 e. The van der Waals surface area contributed by atoms with Gasteiger partial charge in [0.15, 0.2) is 11.7 Å². The Morgan fingerprint density at radius 3 is 2.40 bits per heavy atom. The molecule has 6 heteroatoms. The van der Waals surface area contributed by atoms with Gasteiger partial charge < -0.3 is 4.84 Å². The zero-order chi connectivity index (χ0) is 17.5. The Hall–Kier alpha value is -2.99. The van der Waals surface area contributed by atoms with Crippen LogP contribution in [0.3, 0.4) is 0 Å². The van der Waals surface area contributed by atoms with Crippen molar-refractivity contribution >= 4 is 28.1 Å². The fourth-order valence-electron chi connectivity index (χ4n) is 2.12. The Kier molecular flexibility index (Phi) is 5.53. The quantitative estimate of drug-likeness (QED) is 0.531. The molecule has 0 radical (unpaired) electrons. The van der Waals surface area contributed by atoms with Crippen molar-refractivity contribution in [1.29, 1.82) is 0 Å². The van der Waals surface area contributed by atoms with E-state index in [0.29, 0.717) is 10.7 Å². The molecular weight excluding hydrogens is 334 g/mol. The third-order valence-electron chi connectivity index (χ3n) is 3.41. The zero-order valence-electron chi connectivity index (χ0n) is 13.7. The number of rotatable bonds is 6. The molecule has 0 fully saturated rings. The second kappa shape index (κ2) is 8.21. The lowest BCUT2D eigenvalue weighted by Crippen LogP contribution is -2.11. The first-order valence-corrected chi connectivity index (χ1v) is 8.63. The summed E-state index contributed by atoms with van der Waals surface area (Å²) in [7, 11) is 0. The van der Waals surface area contributed by atoms with E-state index in [-0.39, 0.29) is 12.5 Å². The Labute approximate surface area is 150 Å². The molecule has 25 heavy (non-hydrogen) atoms. The van der Waals surface area contributed by atoms with Crippen molar-refractivity contribution in [2.75, 3.05) is 5.32 Å². The fourth-order valence-corrected chi connectivity index (χ4v) is 2.81. The number of anilines is 1. The highest BCUT2D eigenvalue weighted by Crippen LogP contribution is 2.17. The van der Waals surface area contributed by atoms with Gasteiger partial charge in [0.05, 0.1) is 11.4 Å². The maximum atomic E-state index is 12.1. The summed E-state index contributed by atoms with van der Waals surface area (Å²) in [4.78, 5) is 21.8. The average molecular weight is 351 g/mol. The van der Waals surface area contributed by atoms with Crippen LogP contribution < -0.4 is 5.32 Å². The minimum Gasteiger partial charge on any atom is -0.389 e. The summed E-state index contributed by atoms with van der Waals surface area (Å²) in [5.74, 6) is -0.180. The van der Waals surface area contributed by atoms with Crippen molar-refractivity contribution < 1.29 is 9.63 Å². The summed E-state index contributed by atoms with van der Waals surface area (Å²) in [6.45, 7) is 2.14. The van der Waals surface area contributed by atoms with Gasteiger partial charge in [0, 0.05) is 10.9 Å². The number of carbonyl (C=O) groups excluding carboxylic acids is 1. The molecule has 1 amide bonds. The lowest BCUT2D eigenvalue weighted by molar-refractivity contribution is 0.102. The molecule has 2 aromatic carbocycles. The van der Waals surface area contributed by atoms with E-state index in [1.807, 2.05) is 60.8 Å². The number of nitrogens with one attached hydrogen (secondary N) is 1. The Morgan fingerprint density at radius 2 is 1.72 bits per heavy atom. The lowest BCUT2D eigenvalue weighted by Gasteiger charge is -2.01. The smallest absolute Gasteiger partial charge is 0.257 e. The van der Waals surface area contributed by atoms with Gasteiger partial charge in [0.2, 0.25) is 0 Å². The number of thiazole rings is 1. The summed E-state index contributed by atoms with van der Waals surface area (Å²) in [6.07, 6.45) is 0. The minimum absolute atomic E-state index is 0.180. The first kappa shape index (κ1) is 16.9. The Bertz CT molecular complexity index is 861. The normalized spacial score (nSPS) is 11.2. The van der Waals surface area contributed by atoms with Crippen molar-refractivity contribution in [3.8, 4) is 0 Å². The van der Waals surface area contributed by atoms with Gasteiger partial charge in [-0.2, -0.15) is 0 Å². The second-order valence-electron chi connectivity index (χ2n) is 5.28. The van der Waals surface area contributed by atoms with Crippen LogP contribution >= 0.6 is 11.3 Å². The van der Waals surface area contributed by atoms with Crippen LogP contribution in [0.15, 0.2) is 71.2 Å². The van der Waals surface area contributed by atoms with Crippen molar-refractivity contribution in [2.24, 2.45) is 5.16 Å². The van der Waals surface area contributed by atoms with E-state index in [4.69, 9.17) is 4.84 Å². The molecule has 0 atom stereocenters. The number of amides is 1. The molecule has 0 aliphatic carbocycles. The number of hydrogen-bond acceptors (Lipinski definition) is 5. The summed E-state index contributed by atoms with van der Waals surface area (Å²) < 4.78 is 0. The van der Waals surface area contributed by atoms with Crippen LogP contribution in [0.2, 0.25) is 0 Å². The first-order valence-electron chi connectivity index (χ1n) is 7.75. The fraction of sp³-hybridized carbons (Fsp3) is 0.105. The maximum absolute atomic E-state index is 12.1. The zero-order valence-corrected chi connectivity index (χ0v) is 14.5. The lowest BCUT2D eigenvalue weighted by atomic mass is 10.1. The molecule has 1 heterocycles. The predicted molar refractivity (Wildman–Crippen MR) is 100.0 cm³/mol.